The standard InChI is InChI=1S/C13H18N2O4/c1-2-8-15(9-4-7-14-19)13(18)10-5-3-6-11(16)12(10)17/h3,5-6,16-17H,2,4,7-9H2,1H3. The minimum atomic E-state index is -0.415. The van der Waals surface area contributed by atoms with Crippen molar-refractivity contribution in [1.29, 1.82) is 0 Å². The van der Waals surface area contributed by atoms with E-state index in [2.05, 4.69) is 5.18 Å². The van der Waals surface area contributed by atoms with Gasteiger partial charge in [-0.15, -0.1) is 0 Å². The summed E-state index contributed by atoms with van der Waals surface area (Å²) in [5, 5.41) is 21.8. The third kappa shape index (κ3) is 3.94. The zero-order chi connectivity index (χ0) is 14.3. The molecule has 0 saturated heterocycles. The van der Waals surface area contributed by atoms with Crippen LogP contribution >= 0.6 is 0 Å². The third-order valence-corrected chi connectivity index (χ3v) is 2.70. The fraction of sp³-hybridized carbons (Fsp3) is 0.462. The van der Waals surface area contributed by atoms with Gasteiger partial charge in [0.05, 0.1) is 12.1 Å². The fourth-order valence-electron chi connectivity index (χ4n) is 1.79. The quantitative estimate of drug-likeness (QED) is 0.449. The molecule has 0 fully saturated rings. The minimum absolute atomic E-state index is 0.0625. The molecule has 1 aromatic carbocycles. The monoisotopic (exact) mass is 266 g/mol. The Kier molecular flexibility index (Phi) is 5.78. The maximum Gasteiger partial charge on any atom is 0.257 e. The zero-order valence-corrected chi connectivity index (χ0v) is 10.9. The van der Waals surface area contributed by atoms with Crippen LogP contribution in [0.3, 0.4) is 0 Å². The van der Waals surface area contributed by atoms with Crippen molar-refractivity contribution >= 4 is 5.91 Å². The van der Waals surface area contributed by atoms with Crippen LogP contribution in [-0.2, 0) is 0 Å². The van der Waals surface area contributed by atoms with E-state index in [4.69, 9.17) is 0 Å². The molecule has 0 bridgehead atoms. The van der Waals surface area contributed by atoms with E-state index in [1.807, 2.05) is 6.92 Å². The number of hydrogen-bond donors (Lipinski definition) is 2. The number of nitroso groups, excluding NO2 is 1. The molecule has 0 aliphatic carbocycles. The van der Waals surface area contributed by atoms with Gasteiger partial charge in [0, 0.05) is 13.1 Å². The summed E-state index contributed by atoms with van der Waals surface area (Å²) in [6.07, 6.45) is 1.24. The molecular weight excluding hydrogens is 248 g/mol. The van der Waals surface area contributed by atoms with Crippen LogP contribution in [0.2, 0.25) is 0 Å². The molecule has 1 amide bonds. The number of para-hydroxylation sites is 1. The van der Waals surface area contributed by atoms with Gasteiger partial charge in [-0.2, -0.15) is 4.91 Å². The van der Waals surface area contributed by atoms with Crippen molar-refractivity contribution in [3.8, 4) is 11.5 Å². The number of phenols is 2. The SMILES string of the molecule is CCCN(CCCN=O)C(=O)c1cccc(O)c1O. The highest BCUT2D eigenvalue weighted by Gasteiger charge is 2.19. The highest BCUT2D eigenvalue weighted by Crippen LogP contribution is 2.29. The Bertz CT molecular complexity index is 448. The summed E-state index contributed by atoms with van der Waals surface area (Å²) >= 11 is 0. The van der Waals surface area contributed by atoms with Crippen molar-refractivity contribution < 1.29 is 15.0 Å². The molecule has 1 rings (SSSR count). The highest BCUT2D eigenvalue weighted by molar-refractivity contribution is 5.97. The van der Waals surface area contributed by atoms with Crippen LogP contribution in [0.25, 0.3) is 0 Å². The largest absolute Gasteiger partial charge is 0.504 e. The molecule has 0 heterocycles. The number of carbonyl (C=O) groups is 1. The number of phenolic OH excluding ortho intramolecular Hbond substituents is 2. The normalized spacial score (nSPS) is 10.2. The Morgan fingerprint density at radius 2 is 2.05 bits per heavy atom. The second kappa shape index (κ2) is 7.35. The van der Waals surface area contributed by atoms with Gasteiger partial charge in [0.25, 0.3) is 5.91 Å². The van der Waals surface area contributed by atoms with Crippen LogP contribution in [-0.4, -0.2) is 40.7 Å². The number of amides is 1. The van der Waals surface area contributed by atoms with Crippen LogP contribution in [0.5, 0.6) is 11.5 Å². The van der Waals surface area contributed by atoms with Crippen molar-refractivity contribution in [3.05, 3.63) is 28.7 Å². The first-order valence-electron chi connectivity index (χ1n) is 6.21. The lowest BCUT2D eigenvalue weighted by molar-refractivity contribution is 0.0751. The van der Waals surface area contributed by atoms with Gasteiger partial charge in [-0.25, -0.2) is 0 Å². The van der Waals surface area contributed by atoms with Crippen LogP contribution in [0, 0.1) is 4.91 Å². The molecule has 0 unspecified atom stereocenters. The van der Waals surface area contributed by atoms with Crippen molar-refractivity contribution in [3.63, 3.8) is 0 Å². The van der Waals surface area contributed by atoms with Crippen molar-refractivity contribution in [2.24, 2.45) is 5.18 Å². The van der Waals surface area contributed by atoms with Gasteiger partial charge in [-0.3, -0.25) is 4.79 Å². The molecule has 0 saturated carbocycles. The Morgan fingerprint density at radius 3 is 2.68 bits per heavy atom. The molecule has 1 aromatic rings. The maximum atomic E-state index is 12.2. The van der Waals surface area contributed by atoms with E-state index < -0.39 is 5.75 Å². The molecule has 0 aromatic heterocycles. The number of nitrogens with zero attached hydrogens (tertiary/aromatic N) is 2. The first kappa shape index (κ1) is 14.9. The number of carbonyl (C=O) groups excluding carboxylic acids is 1. The molecule has 104 valence electrons. The average Bonchev–Trinajstić information content (AvgIpc) is 2.40. The van der Waals surface area contributed by atoms with E-state index in [1.165, 1.54) is 18.2 Å². The zero-order valence-electron chi connectivity index (χ0n) is 10.9. The van der Waals surface area contributed by atoms with E-state index in [0.717, 1.165) is 6.42 Å². The van der Waals surface area contributed by atoms with Crippen molar-refractivity contribution in [1.82, 2.24) is 4.90 Å². The van der Waals surface area contributed by atoms with Crippen molar-refractivity contribution in [2.45, 2.75) is 19.8 Å². The van der Waals surface area contributed by atoms with Crippen LogP contribution in [0.15, 0.2) is 23.4 Å². The molecule has 2 N–H and O–H groups in total. The number of aromatic hydroxyl groups is 2. The number of hydrogen-bond acceptors (Lipinski definition) is 5. The van der Waals surface area contributed by atoms with Crippen LogP contribution in [0.4, 0.5) is 0 Å². The molecule has 0 aliphatic rings. The van der Waals surface area contributed by atoms with Crippen molar-refractivity contribution in [2.75, 3.05) is 19.6 Å². The second-order valence-corrected chi connectivity index (χ2v) is 4.17. The van der Waals surface area contributed by atoms with Gasteiger partial charge in [0.15, 0.2) is 11.5 Å². The topological polar surface area (TPSA) is 90.2 Å². The first-order valence-corrected chi connectivity index (χ1v) is 6.21. The Labute approximate surface area is 111 Å². The molecule has 0 radical (unpaired) electrons. The lowest BCUT2D eigenvalue weighted by Crippen LogP contribution is -2.33. The van der Waals surface area contributed by atoms with Gasteiger partial charge >= 0.3 is 0 Å². The van der Waals surface area contributed by atoms with Gasteiger partial charge in [-0.1, -0.05) is 18.2 Å². The Balaban J connectivity index is 2.85. The number of benzene rings is 1. The van der Waals surface area contributed by atoms with Crippen LogP contribution < -0.4 is 0 Å². The predicted molar refractivity (Wildman–Crippen MR) is 71.2 cm³/mol. The summed E-state index contributed by atoms with van der Waals surface area (Å²) in [6, 6.07) is 4.27. The van der Waals surface area contributed by atoms with Gasteiger partial charge in [-0.05, 0) is 25.0 Å². The maximum absolute atomic E-state index is 12.2. The molecule has 0 atom stereocenters. The van der Waals surface area contributed by atoms with E-state index in [1.54, 1.807) is 4.90 Å². The fourth-order valence-corrected chi connectivity index (χ4v) is 1.79. The summed E-state index contributed by atoms with van der Waals surface area (Å²) in [6.45, 7) is 3.00. The molecular formula is C13H18N2O4. The van der Waals surface area contributed by atoms with E-state index in [0.29, 0.717) is 19.5 Å². The smallest absolute Gasteiger partial charge is 0.257 e. The minimum Gasteiger partial charge on any atom is -0.504 e. The summed E-state index contributed by atoms with van der Waals surface area (Å²) in [7, 11) is 0. The highest BCUT2D eigenvalue weighted by atomic mass is 16.3. The molecule has 19 heavy (non-hydrogen) atoms. The Morgan fingerprint density at radius 1 is 1.32 bits per heavy atom. The summed E-state index contributed by atoms with van der Waals surface area (Å²) in [4.78, 5) is 23.8. The molecule has 0 aliphatic heterocycles. The van der Waals surface area contributed by atoms with Crippen LogP contribution in [0.1, 0.15) is 30.1 Å². The lowest BCUT2D eigenvalue weighted by Gasteiger charge is -2.22. The Hall–Kier alpha value is -2.11. The van der Waals surface area contributed by atoms with Gasteiger partial charge < -0.3 is 15.1 Å². The molecule has 0 spiro atoms. The van der Waals surface area contributed by atoms with Gasteiger partial charge in [0.1, 0.15) is 0 Å². The molecule has 6 nitrogen and oxygen atoms in total. The predicted octanol–water partition coefficient (Wildman–Crippen LogP) is 2.11. The van der Waals surface area contributed by atoms with E-state index in [9.17, 15) is 19.9 Å². The summed E-state index contributed by atoms with van der Waals surface area (Å²) in [5.41, 5.74) is 0.0625. The third-order valence-electron chi connectivity index (χ3n) is 2.70. The molecule has 6 heteroatoms. The summed E-state index contributed by atoms with van der Waals surface area (Å²) < 4.78 is 0. The van der Waals surface area contributed by atoms with Gasteiger partial charge in [0.2, 0.25) is 0 Å². The summed E-state index contributed by atoms with van der Waals surface area (Å²) in [5.74, 6) is -1.10. The van der Waals surface area contributed by atoms with E-state index in [-0.39, 0.29) is 23.8 Å². The lowest BCUT2D eigenvalue weighted by atomic mass is 10.1. The second-order valence-electron chi connectivity index (χ2n) is 4.17. The van der Waals surface area contributed by atoms with E-state index >= 15 is 0 Å². The first-order chi connectivity index (χ1) is 9.11. The number of rotatable bonds is 7. The average molecular weight is 266 g/mol.